The van der Waals surface area contributed by atoms with Gasteiger partial charge in [0, 0.05) is 44.4 Å². The molecule has 0 bridgehead atoms. The van der Waals surface area contributed by atoms with Crippen molar-refractivity contribution in [2.45, 2.75) is 53.1 Å². The molecule has 2 amide bonds. The Morgan fingerprint density at radius 3 is 2.34 bits per heavy atom. The molecule has 0 radical (unpaired) electrons. The number of rotatable bonds is 10. The summed E-state index contributed by atoms with van der Waals surface area (Å²) in [5.41, 5.74) is 2.74. The van der Waals surface area contributed by atoms with Crippen LogP contribution in [-0.4, -0.2) is 30.8 Å². The molecule has 1 aromatic carbocycles. The van der Waals surface area contributed by atoms with E-state index in [9.17, 15) is 9.59 Å². The molecule has 0 unspecified atom stereocenters. The number of carbonyl (C=O) groups excluding carboxylic acids is 2. The highest BCUT2D eigenvalue weighted by atomic mass is 16.3. The minimum absolute atomic E-state index is 0.0178. The summed E-state index contributed by atoms with van der Waals surface area (Å²) >= 11 is 0. The lowest BCUT2D eigenvalue weighted by Gasteiger charge is -2.28. The van der Waals surface area contributed by atoms with Crippen molar-refractivity contribution in [3.63, 3.8) is 0 Å². The number of anilines is 2. The van der Waals surface area contributed by atoms with E-state index in [4.69, 9.17) is 4.42 Å². The predicted octanol–water partition coefficient (Wildman–Crippen LogP) is 4.66. The van der Waals surface area contributed by atoms with Crippen LogP contribution in [0.2, 0.25) is 0 Å². The lowest BCUT2D eigenvalue weighted by atomic mass is 10.0. The average Bonchev–Trinajstić information content (AvgIpc) is 3.21. The van der Waals surface area contributed by atoms with E-state index in [1.54, 1.807) is 6.26 Å². The lowest BCUT2D eigenvalue weighted by molar-refractivity contribution is -0.137. The van der Waals surface area contributed by atoms with Crippen molar-refractivity contribution >= 4 is 23.2 Å². The summed E-state index contributed by atoms with van der Waals surface area (Å²) < 4.78 is 5.51. The average molecular weight is 400 g/mol. The number of hydrogen-bond acceptors (Lipinski definition) is 4. The molecule has 158 valence electrons. The van der Waals surface area contributed by atoms with Gasteiger partial charge in [0.05, 0.1) is 12.8 Å². The zero-order valence-corrected chi connectivity index (χ0v) is 18.2. The first-order valence-corrected chi connectivity index (χ1v) is 10.3. The third-order valence-corrected chi connectivity index (χ3v) is 5.10. The molecule has 1 heterocycles. The van der Waals surface area contributed by atoms with E-state index < -0.39 is 0 Å². The van der Waals surface area contributed by atoms with E-state index >= 15 is 0 Å². The van der Waals surface area contributed by atoms with Gasteiger partial charge in [-0.1, -0.05) is 20.8 Å². The Morgan fingerprint density at radius 1 is 1.07 bits per heavy atom. The van der Waals surface area contributed by atoms with Crippen LogP contribution >= 0.6 is 0 Å². The largest absolute Gasteiger partial charge is 0.467 e. The van der Waals surface area contributed by atoms with Crippen molar-refractivity contribution in [3.05, 3.63) is 47.9 Å². The van der Waals surface area contributed by atoms with Gasteiger partial charge < -0.3 is 19.5 Å². The highest BCUT2D eigenvalue weighted by Gasteiger charge is 2.24. The molecule has 6 heteroatoms. The molecule has 0 spiro atoms. The van der Waals surface area contributed by atoms with Crippen LogP contribution in [0.15, 0.2) is 41.0 Å². The fraction of sp³-hybridized carbons (Fsp3) is 0.478. The lowest BCUT2D eigenvalue weighted by Crippen LogP contribution is -2.35. The van der Waals surface area contributed by atoms with E-state index in [-0.39, 0.29) is 17.7 Å². The van der Waals surface area contributed by atoms with Gasteiger partial charge in [-0.3, -0.25) is 9.59 Å². The molecule has 1 N–H and O–H groups in total. The maximum absolute atomic E-state index is 13.2. The van der Waals surface area contributed by atoms with Crippen molar-refractivity contribution in [2.75, 3.05) is 24.3 Å². The third kappa shape index (κ3) is 6.11. The highest BCUT2D eigenvalue weighted by molar-refractivity contribution is 5.91. The third-order valence-electron chi connectivity index (χ3n) is 5.10. The summed E-state index contributed by atoms with van der Waals surface area (Å²) in [5, 5.41) is 2.91. The number of hydrogen-bond donors (Lipinski definition) is 1. The number of carbonyl (C=O) groups is 2. The van der Waals surface area contributed by atoms with E-state index in [0.29, 0.717) is 19.5 Å². The molecule has 0 aliphatic carbocycles. The molecular weight excluding hydrogens is 366 g/mol. The van der Waals surface area contributed by atoms with Gasteiger partial charge in [0.2, 0.25) is 11.8 Å². The molecule has 2 rings (SSSR count). The second-order valence-electron chi connectivity index (χ2n) is 7.43. The zero-order valence-electron chi connectivity index (χ0n) is 18.2. The molecule has 0 atom stereocenters. The summed E-state index contributed by atoms with van der Waals surface area (Å²) in [4.78, 5) is 28.9. The Balaban J connectivity index is 2.37. The van der Waals surface area contributed by atoms with Crippen LogP contribution < -0.4 is 10.2 Å². The molecule has 29 heavy (non-hydrogen) atoms. The van der Waals surface area contributed by atoms with Crippen LogP contribution in [0.3, 0.4) is 0 Å². The highest BCUT2D eigenvalue weighted by Crippen LogP contribution is 2.27. The van der Waals surface area contributed by atoms with Crippen molar-refractivity contribution in [1.82, 2.24) is 4.90 Å². The van der Waals surface area contributed by atoms with Crippen LogP contribution in [0.4, 0.5) is 11.4 Å². The Kier molecular flexibility index (Phi) is 8.31. The van der Waals surface area contributed by atoms with Gasteiger partial charge in [-0.25, -0.2) is 0 Å². The van der Waals surface area contributed by atoms with Gasteiger partial charge in [-0.2, -0.15) is 0 Å². The maximum atomic E-state index is 13.2. The van der Waals surface area contributed by atoms with Gasteiger partial charge in [0.25, 0.3) is 0 Å². The predicted molar refractivity (Wildman–Crippen MR) is 117 cm³/mol. The molecule has 0 fully saturated rings. The molecular formula is C23H33N3O3. The second-order valence-corrected chi connectivity index (χ2v) is 7.43. The fourth-order valence-corrected chi connectivity index (χ4v) is 3.38. The first kappa shape index (κ1) is 22.5. The zero-order chi connectivity index (χ0) is 21.4. The Morgan fingerprint density at radius 2 is 1.79 bits per heavy atom. The molecule has 2 aromatic rings. The standard InChI is InChI=1S/C23H33N3O3/c1-6-17(7-2)23(28)26(16-20-10-9-13-29-20)15-18-14-19(24-22(27)8-3)11-12-21(18)25(4)5/h9-14,17H,6-8,15-16H2,1-5H3,(H,24,27). The first-order chi connectivity index (χ1) is 13.9. The Hall–Kier alpha value is -2.76. The molecule has 0 saturated heterocycles. The van der Waals surface area contributed by atoms with E-state index in [1.165, 1.54) is 0 Å². The molecule has 6 nitrogen and oxygen atoms in total. The molecule has 0 saturated carbocycles. The van der Waals surface area contributed by atoms with Crippen molar-refractivity contribution < 1.29 is 14.0 Å². The normalized spacial score (nSPS) is 10.8. The summed E-state index contributed by atoms with van der Waals surface area (Å²) in [5.74, 6) is 0.829. The van der Waals surface area contributed by atoms with Gasteiger partial charge in [-0.15, -0.1) is 0 Å². The van der Waals surface area contributed by atoms with Crippen LogP contribution in [0, 0.1) is 5.92 Å². The summed E-state index contributed by atoms with van der Waals surface area (Å²) in [7, 11) is 3.95. The summed E-state index contributed by atoms with van der Waals surface area (Å²) in [6.45, 7) is 6.77. The van der Waals surface area contributed by atoms with Crippen LogP contribution in [0.25, 0.3) is 0 Å². The maximum Gasteiger partial charge on any atom is 0.226 e. The Labute approximate surface area is 173 Å². The molecule has 0 aliphatic rings. The van der Waals surface area contributed by atoms with E-state index in [0.717, 1.165) is 35.5 Å². The van der Waals surface area contributed by atoms with Crippen molar-refractivity contribution in [3.8, 4) is 0 Å². The summed E-state index contributed by atoms with van der Waals surface area (Å²) in [6.07, 6.45) is 3.65. The minimum atomic E-state index is -0.0332. The van der Waals surface area contributed by atoms with Crippen LogP contribution in [-0.2, 0) is 22.7 Å². The second kappa shape index (κ2) is 10.7. The van der Waals surface area contributed by atoms with Crippen LogP contribution in [0.5, 0.6) is 0 Å². The van der Waals surface area contributed by atoms with E-state index in [2.05, 4.69) is 5.32 Å². The number of benzene rings is 1. The van der Waals surface area contributed by atoms with Crippen molar-refractivity contribution in [1.29, 1.82) is 0 Å². The van der Waals surface area contributed by atoms with Gasteiger partial charge >= 0.3 is 0 Å². The molecule has 1 aromatic heterocycles. The van der Waals surface area contributed by atoms with Crippen molar-refractivity contribution in [2.24, 2.45) is 5.92 Å². The number of amides is 2. The quantitative estimate of drug-likeness (QED) is 0.631. The van der Waals surface area contributed by atoms with E-state index in [1.807, 2.05) is 75.0 Å². The number of furan rings is 1. The smallest absolute Gasteiger partial charge is 0.226 e. The minimum Gasteiger partial charge on any atom is -0.467 e. The summed E-state index contributed by atoms with van der Waals surface area (Å²) in [6, 6.07) is 9.55. The fourth-order valence-electron chi connectivity index (χ4n) is 3.38. The SMILES string of the molecule is CCC(=O)Nc1ccc(N(C)C)c(CN(Cc2ccco2)C(=O)C(CC)CC)c1. The van der Waals surface area contributed by atoms with Gasteiger partial charge in [-0.05, 0) is 48.7 Å². The number of nitrogens with zero attached hydrogens (tertiary/aromatic N) is 2. The van der Waals surface area contributed by atoms with Gasteiger partial charge in [0.1, 0.15) is 5.76 Å². The van der Waals surface area contributed by atoms with Crippen LogP contribution in [0.1, 0.15) is 51.4 Å². The van der Waals surface area contributed by atoms with Gasteiger partial charge in [0.15, 0.2) is 0 Å². The monoisotopic (exact) mass is 399 g/mol. The Bertz CT molecular complexity index is 796. The number of nitrogens with one attached hydrogen (secondary N) is 1. The molecule has 0 aliphatic heterocycles. The topological polar surface area (TPSA) is 65.8 Å². The first-order valence-electron chi connectivity index (χ1n) is 10.3.